The maximum Gasteiger partial charge on any atom is 0.256 e. The average Bonchev–Trinajstić information content (AvgIpc) is 3.08. The molecule has 24 heavy (non-hydrogen) atoms. The van der Waals surface area contributed by atoms with Crippen LogP contribution in [0.4, 0.5) is 0 Å². The molecule has 0 amide bonds. The van der Waals surface area contributed by atoms with Gasteiger partial charge in [-0.05, 0) is 37.3 Å². The summed E-state index contributed by atoms with van der Waals surface area (Å²) >= 11 is 12.0. The minimum absolute atomic E-state index is 0.255. The lowest BCUT2D eigenvalue weighted by atomic mass is 10.1. The Labute approximate surface area is 148 Å². The lowest BCUT2D eigenvalue weighted by Gasteiger charge is -2.18. The van der Waals surface area contributed by atoms with E-state index in [1.165, 1.54) is 23.4 Å². The van der Waals surface area contributed by atoms with Gasteiger partial charge < -0.3 is 4.74 Å². The molecule has 1 atom stereocenters. The summed E-state index contributed by atoms with van der Waals surface area (Å²) in [6.45, 7) is 1.97. The lowest BCUT2D eigenvalue weighted by Crippen LogP contribution is -2.26. The molecule has 7 heteroatoms. The van der Waals surface area contributed by atoms with Gasteiger partial charge in [0.05, 0.1) is 5.02 Å². The highest BCUT2D eigenvalue weighted by molar-refractivity contribution is 6.36. The Morgan fingerprint density at radius 3 is 2.54 bits per heavy atom. The summed E-state index contributed by atoms with van der Waals surface area (Å²) in [7, 11) is 0. The van der Waals surface area contributed by atoms with Gasteiger partial charge in [-0.25, -0.2) is 9.67 Å². The summed E-state index contributed by atoms with van der Waals surface area (Å²) in [6.07, 6.45) is 1.73. The molecule has 1 aromatic heterocycles. The van der Waals surface area contributed by atoms with Gasteiger partial charge >= 0.3 is 0 Å². The van der Waals surface area contributed by atoms with Gasteiger partial charge in [0.15, 0.2) is 0 Å². The number of nitrogens with zero attached hydrogens (tertiary/aromatic N) is 3. The standard InChI is InChI=1S/C17H13Cl2N3O2/c1-11-2-5-13(6-3-11)24-17(22-10-20-9-21-22)16(23)14-7-4-12(18)8-15(14)19/h2-10,17H,1H3. The molecule has 3 aromatic rings. The van der Waals surface area contributed by atoms with Gasteiger partial charge in [0, 0.05) is 10.6 Å². The van der Waals surface area contributed by atoms with Crippen LogP contribution < -0.4 is 4.74 Å². The third-order valence-corrected chi connectivity index (χ3v) is 3.91. The lowest BCUT2D eigenvalue weighted by molar-refractivity contribution is 0.0619. The number of ether oxygens (including phenoxy) is 1. The Bertz CT molecular complexity index is 849. The zero-order valence-corrected chi connectivity index (χ0v) is 14.2. The van der Waals surface area contributed by atoms with Crippen molar-refractivity contribution in [2.75, 3.05) is 0 Å². The molecule has 0 radical (unpaired) electrons. The molecule has 3 rings (SSSR count). The maximum atomic E-state index is 12.9. The molecule has 0 aliphatic carbocycles. The zero-order valence-electron chi connectivity index (χ0n) is 12.7. The molecule has 1 heterocycles. The van der Waals surface area contributed by atoms with Gasteiger partial charge in [0.25, 0.3) is 6.23 Å². The van der Waals surface area contributed by atoms with Crippen LogP contribution in [-0.4, -0.2) is 20.5 Å². The van der Waals surface area contributed by atoms with Gasteiger partial charge in [-0.15, -0.1) is 0 Å². The van der Waals surface area contributed by atoms with E-state index in [4.69, 9.17) is 27.9 Å². The van der Waals surface area contributed by atoms with Crippen LogP contribution in [0.2, 0.25) is 10.0 Å². The van der Waals surface area contributed by atoms with Crippen molar-refractivity contribution in [3.63, 3.8) is 0 Å². The SMILES string of the molecule is Cc1ccc(OC(C(=O)c2ccc(Cl)cc2Cl)n2cncn2)cc1. The Hall–Kier alpha value is -2.37. The van der Waals surface area contributed by atoms with E-state index in [0.29, 0.717) is 16.3 Å². The molecule has 0 aliphatic rings. The number of carbonyl (C=O) groups is 1. The van der Waals surface area contributed by atoms with Crippen LogP contribution in [0.3, 0.4) is 0 Å². The first-order valence-electron chi connectivity index (χ1n) is 7.11. The first-order chi connectivity index (χ1) is 11.5. The first-order valence-corrected chi connectivity index (χ1v) is 7.87. The minimum atomic E-state index is -1.02. The Morgan fingerprint density at radius 1 is 1.17 bits per heavy atom. The minimum Gasteiger partial charge on any atom is -0.461 e. The van der Waals surface area contributed by atoms with Crippen molar-refractivity contribution < 1.29 is 9.53 Å². The van der Waals surface area contributed by atoms with Crippen LogP contribution in [-0.2, 0) is 0 Å². The number of aromatic nitrogens is 3. The highest BCUT2D eigenvalue weighted by Crippen LogP contribution is 2.26. The number of halogens is 2. The summed E-state index contributed by atoms with van der Waals surface area (Å²) < 4.78 is 7.17. The van der Waals surface area contributed by atoms with E-state index >= 15 is 0 Å². The summed E-state index contributed by atoms with van der Waals surface area (Å²) in [5.74, 6) is 0.197. The predicted octanol–water partition coefficient (Wildman–Crippen LogP) is 4.35. The van der Waals surface area contributed by atoms with E-state index in [0.717, 1.165) is 5.56 Å². The van der Waals surface area contributed by atoms with Gasteiger partial charge in [-0.3, -0.25) is 4.79 Å². The fourth-order valence-corrected chi connectivity index (χ4v) is 2.64. The number of benzene rings is 2. The Kier molecular flexibility index (Phi) is 4.83. The van der Waals surface area contributed by atoms with E-state index in [-0.39, 0.29) is 10.8 Å². The zero-order chi connectivity index (χ0) is 17.1. The second kappa shape index (κ2) is 7.03. The Morgan fingerprint density at radius 2 is 1.92 bits per heavy atom. The van der Waals surface area contributed by atoms with Crippen LogP contribution in [0, 0.1) is 6.92 Å². The highest BCUT2D eigenvalue weighted by Gasteiger charge is 2.26. The first kappa shape index (κ1) is 16.5. The number of ketones is 1. The van der Waals surface area contributed by atoms with E-state index in [1.54, 1.807) is 24.3 Å². The molecule has 0 N–H and O–H groups in total. The summed E-state index contributed by atoms with van der Waals surface area (Å²) in [5.41, 5.74) is 1.39. The van der Waals surface area contributed by atoms with Gasteiger partial charge in [0.2, 0.25) is 5.78 Å². The van der Waals surface area contributed by atoms with Crippen molar-refractivity contribution in [2.24, 2.45) is 0 Å². The average molecular weight is 362 g/mol. The van der Waals surface area contributed by atoms with Gasteiger partial charge in [0.1, 0.15) is 18.4 Å². The van der Waals surface area contributed by atoms with Crippen molar-refractivity contribution >= 4 is 29.0 Å². The smallest absolute Gasteiger partial charge is 0.256 e. The van der Waals surface area contributed by atoms with Crippen LogP contribution in [0.1, 0.15) is 22.1 Å². The molecule has 0 bridgehead atoms. The largest absolute Gasteiger partial charge is 0.461 e. The molecule has 5 nitrogen and oxygen atoms in total. The second-order valence-corrected chi connectivity index (χ2v) is 5.99. The van der Waals surface area contributed by atoms with Crippen molar-refractivity contribution in [3.05, 3.63) is 76.3 Å². The molecule has 1 unspecified atom stereocenters. The van der Waals surface area contributed by atoms with E-state index in [2.05, 4.69) is 10.1 Å². The molecule has 122 valence electrons. The topological polar surface area (TPSA) is 57.0 Å². The second-order valence-electron chi connectivity index (χ2n) is 5.15. The molecule has 0 spiro atoms. The van der Waals surface area contributed by atoms with E-state index < -0.39 is 6.23 Å². The molecule has 2 aromatic carbocycles. The predicted molar refractivity (Wildman–Crippen MR) is 91.7 cm³/mol. The normalized spacial score (nSPS) is 12.0. The van der Waals surface area contributed by atoms with E-state index in [9.17, 15) is 4.79 Å². The van der Waals surface area contributed by atoms with Crippen LogP contribution >= 0.6 is 23.2 Å². The summed E-state index contributed by atoms with van der Waals surface area (Å²) in [4.78, 5) is 16.8. The van der Waals surface area contributed by atoms with Gasteiger partial charge in [-0.1, -0.05) is 40.9 Å². The fraction of sp³-hybridized carbons (Fsp3) is 0.118. The Balaban J connectivity index is 1.95. The van der Waals surface area contributed by atoms with Crippen molar-refractivity contribution in [1.29, 1.82) is 0 Å². The number of hydrogen-bond donors (Lipinski definition) is 0. The number of aryl methyl sites for hydroxylation is 1. The number of carbonyl (C=O) groups excluding carboxylic acids is 1. The molecule has 0 fully saturated rings. The number of Topliss-reactive ketones (excluding diaryl/α,β-unsaturated/α-hetero) is 1. The maximum absolute atomic E-state index is 12.9. The van der Waals surface area contributed by atoms with Crippen LogP contribution in [0.25, 0.3) is 0 Å². The number of rotatable bonds is 5. The van der Waals surface area contributed by atoms with Crippen LogP contribution in [0.15, 0.2) is 55.1 Å². The molecule has 0 saturated carbocycles. The van der Waals surface area contributed by atoms with Gasteiger partial charge in [-0.2, -0.15) is 5.10 Å². The highest BCUT2D eigenvalue weighted by atomic mass is 35.5. The third-order valence-electron chi connectivity index (χ3n) is 3.37. The third kappa shape index (κ3) is 3.58. The molecular weight excluding hydrogens is 349 g/mol. The van der Waals surface area contributed by atoms with Crippen molar-refractivity contribution in [2.45, 2.75) is 13.2 Å². The monoisotopic (exact) mass is 361 g/mol. The number of hydrogen-bond acceptors (Lipinski definition) is 4. The summed E-state index contributed by atoms with van der Waals surface area (Å²) in [5, 5.41) is 4.72. The molecule has 0 saturated heterocycles. The van der Waals surface area contributed by atoms with Crippen LogP contribution in [0.5, 0.6) is 5.75 Å². The summed E-state index contributed by atoms with van der Waals surface area (Å²) in [6, 6.07) is 12.0. The fourth-order valence-electron chi connectivity index (χ4n) is 2.13. The molecular formula is C17H13Cl2N3O2. The molecule has 0 aliphatic heterocycles. The van der Waals surface area contributed by atoms with Crippen molar-refractivity contribution in [3.8, 4) is 5.75 Å². The quantitative estimate of drug-likeness (QED) is 0.633. The van der Waals surface area contributed by atoms with E-state index in [1.807, 2.05) is 19.1 Å². The van der Waals surface area contributed by atoms with Crippen molar-refractivity contribution in [1.82, 2.24) is 14.8 Å².